The minimum Gasteiger partial charge on any atom is -0.481 e. The standard InChI is InChI=1S/C14H19N3O2/c1-19-13-4-2-3-12(16-13)14(18)17-8-7-10-5-6-11(9-17)15-10/h2-4,10-11,15H,5-9H2,1H3. The van der Waals surface area contributed by atoms with Crippen LogP contribution in [-0.4, -0.2) is 48.1 Å². The average Bonchev–Trinajstić information content (AvgIpc) is 2.77. The molecule has 0 saturated carbocycles. The lowest BCUT2D eigenvalue weighted by Crippen LogP contribution is -2.39. The third-order valence-corrected chi connectivity index (χ3v) is 3.96. The van der Waals surface area contributed by atoms with Gasteiger partial charge in [0.1, 0.15) is 5.69 Å². The number of amides is 1. The molecule has 5 nitrogen and oxygen atoms in total. The van der Waals surface area contributed by atoms with Gasteiger partial charge in [0.25, 0.3) is 5.91 Å². The van der Waals surface area contributed by atoms with Crippen molar-refractivity contribution >= 4 is 5.91 Å². The summed E-state index contributed by atoms with van der Waals surface area (Å²) in [6, 6.07) is 6.34. The Morgan fingerprint density at radius 2 is 2.21 bits per heavy atom. The van der Waals surface area contributed by atoms with Gasteiger partial charge < -0.3 is 15.0 Å². The van der Waals surface area contributed by atoms with Crippen LogP contribution < -0.4 is 10.1 Å². The zero-order chi connectivity index (χ0) is 13.2. The van der Waals surface area contributed by atoms with Crippen molar-refractivity contribution in [3.05, 3.63) is 23.9 Å². The molecule has 2 saturated heterocycles. The maximum absolute atomic E-state index is 12.5. The first-order valence-corrected chi connectivity index (χ1v) is 6.82. The molecule has 1 aromatic rings. The van der Waals surface area contributed by atoms with Gasteiger partial charge in [-0.15, -0.1) is 0 Å². The van der Waals surface area contributed by atoms with E-state index in [1.54, 1.807) is 25.3 Å². The molecule has 0 aliphatic carbocycles. The summed E-state index contributed by atoms with van der Waals surface area (Å²) in [4.78, 5) is 18.6. The van der Waals surface area contributed by atoms with E-state index in [4.69, 9.17) is 4.74 Å². The summed E-state index contributed by atoms with van der Waals surface area (Å²) in [5.74, 6) is 0.494. The monoisotopic (exact) mass is 261 g/mol. The Balaban J connectivity index is 1.75. The first-order chi connectivity index (χ1) is 9.26. The molecule has 2 bridgehead atoms. The Hall–Kier alpha value is -1.62. The maximum atomic E-state index is 12.5. The van der Waals surface area contributed by atoms with Crippen LogP contribution in [0, 0.1) is 0 Å². The highest BCUT2D eigenvalue weighted by atomic mass is 16.5. The molecule has 2 fully saturated rings. The van der Waals surface area contributed by atoms with Crippen molar-refractivity contribution in [2.45, 2.75) is 31.3 Å². The normalized spacial score (nSPS) is 26.1. The summed E-state index contributed by atoms with van der Waals surface area (Å²) >= 11 is 0. The third kappa shape index (κ3) is 2.56. The number of likely N-dealkylation sites (tertiary alicyclic amines) is 1. The fraction of sp³-hybridized carbons (Fsp3) is 0.571. The summed E-state index contributed by atoms with van der Waals surface area (Å²) in [7, 11) is 1.56. The van der Waals surface area contributed by atoms with Crippen LogP contribution in [0.25, 0.3) is 0 Å². The van der Waals surface area contributed by atoms with Crippen LogP contribution in [0.4, 0.5) is 0 Å². The van der Waals surface area contributed by atoms with E-state index in [0.717, 1.165) is 19.5 Å². The van der Waals surface area contributed by atoms with Gasteiger partial charge in [-0.25, -0.2) is 4.98 Å². The summed E-state index contributed by atoms with van der Waals surface area (Å²) in [5, 5.41) is 3.57. The Morgan fingerprint density at radius 1 is 1.37 bits per heavy atom. The predicted molar refractivity (Wildman–Crippen MR) is 71.3 cm³/mol. The molecule has 3 heterocycles. The Kier molecular flexibility index (Phi) is 3.38. The smallest absolute Gasteiger partial charge is 0.272 e. The van der Waals surface area contributed by atoms with Crippen molar-refractivity contribution in [2.75, 3.05) is 20.2 Å². The lowest BCUT2D eigenvalue weighted by atomic mass is 10.1. The molecule has 102 valence electrons. The Morgan fingerprint density at radius 3 is 3.05 bits per heavy atom. The van der Waals surface area contributed by atoms with Gasteiger partial charge in [-0.05, 0) is 25.3 Å². The number of aromatic nitrogens is 1. The Bertz CT molecular complexity index is 478. The number of nitrogens with one attached hydrogen (secondary N) is 1. The molecule has 0 aromatic carbocycles. The van der Waals surface area contributed by atoms with E-state index in [1.165, 1.54) is 12.8 Å². The van der Waals surface area contributed by atoms with E-state index >= 15 is 0 Å². The molecule has 2 atom stereocenters. The van der Waals surface area contributed by atoms with Crippen LogP contribution in [-0.2, 0) is 0 Å². The number of rotatable bonds is 2. The second-order valence-corrected chi connectivity index (χ2v) is 5.24. The van der Waals surface area contributed by atoms with Gasteiger partial charge in [0.2, 0.25) is 5.88 Å². The fourth-order valence-electron chi connectivity index (χ4n) is 2.94. The van der Waals surface area contributed by atoms with Crippen molar-refractivity contribution in [1.82, 2.24) is 15.2 Å². The molecule has 1 aromatic heterocycles. The molecule has 1 amide bonds. The van der Waals surface area contributed by atoms with Crippen LogP contribution in [0.1, 0.15) is 29.8 Å². The first-order valence-electron chi connectivity index (χ1n) is 6.82. The van der Waals surface area contributed by atoms with E-state index in [-0.39, 0.29) is 5.91 Å². The van der Waals surface area contributed by atoms with E-state index in [9.17, 15) is 4.79 Å². The number of pyridine rings is 1. The number of carbonyl (C=O) groups excluding carboxylic acids is 1. The van der Waals surface area contributed by atoms with E-state index in [0.29, 0.717) is 23.7 Å². The highest BCUT2D eigenvalue weighted by molar-refractivity contribution is 5.92. The molecule has 1 N–H and O–H groups in total. The van der Waals surface area contributed by atoms with Crippen LogP contribution in [0.2, 0.25) is 0 Å². The Labute approximate surface area is 113 Å². The average molecular weight is 261 g/mol. The molecular weight excluding hydrogens is 242 g/mol. The molecule has 2 unspecified atom stereocenters. The molecule has 0 spiro atoms. The van der Waals surface area contributed by atoms with Crippen molar-refractivity contribution in [1.29, 1.82) is 0 Å². The highest BCUT2D eigenvalue weighted by Crippen LogP contribution is 2.21. The lowest BCUT2D eigenvalue weighted by Gasteiger charge is -2.24. The van der Waals surface area contributed by atoms with Gasteiger partial charge in [-0.3, -0.25) is 4.79 Å². The highest BCUT2D eigenvalue weighted by Gasteiger charge is 2.31. The van der Waals surface area contributed by atoms with E-state index in [2.05, 4.69) is 10.3 Å². The SMILES string of the molecule is COc1cccc(C(=O)N2CCC3CCC(C2)N3)n1. The predicted octanol–water partition coefficient (Wildman–Crippen LogP) is 1.06. The van der Waals surface area contributed by atoms with Crippen molar-refractivity contribution in [3.8, 4) is 5.88 Å². The van der Waals surface area contributed by atoms with Crippen molar-refractivity contribution < 1.29 is 9.53 Å². The summed E-state index contributed by atoms with van der Waals surface area (Å²) in [6.07, 6.45) is 3.44. The largest absolute Gasteiger partial charge is 0.481 e. The van der Waals surface area contributed by atoms with Crippen molar-refractivity contribution in [2.24, 2.45) is 0 Å². The van der Waals surface area contributed by atoms with Crippen LogP contribution in [0.3, 0.4) is 0 Å². The fourth-order valence-corrected chi connectivity index (χ4v) is 2.94. The van der Waals surface area contributed by atoms with Crippen LogP contribution in [0.5, 0.6) is 5.88 Å². The topological polar surface area (TPSA) is 54.5 Å². The number of methoxy groups -OCH3 is 1. The van der Waals surface area contributed by atoms with E-state index < -0.39 is 0 Å². The molecule has 5 heteroatoms. The van der Waals surface area contributed by atoms with Gasteiger partial charge >= 0.3 is 0 Å². The van der Waals surface area contributed by atoms with E-state index in [1.807, 2.05) is 4.90 Å². The minimum absolute atomic E-state index is 0.00764. The summed E-state index contributed by atoms with van der Waals surface area (Å²) in [6.45, 7) is 1.60. The number of fused-ring (bicyclic) bond motifs is 2. The number of hydrogen-bond donors (Lipinski definition) is 1. The summed E-state index contributed by atoms with van der Waals surface area (Å²) < 4.78 is 5.07. The second kappa shape index (κ2) is 5.17. The number of ether oxygens (including phenoxy) is 1. The number of carbonyl (C=O) groups is 1. The zero-order valence-electron chi connectivity index (χ0n) is 11.1. The summed E-state index contributed by atoms with van der Waals surface area (Å²) in [5.41, 5.74) is 0.470. The maximum Gasteiger partial charge on any atom is 0.272 e. The van der Waals surface area contributed by atoms with Gasteiger partial charge in [0.05, 0.1) is 7.11 Å². The third-order valence-electron chi connectivity index (χ3n) is 3.96. The molecule has 19 heavy (non-hydrogen) atoms. The van der Waals surface area contributed by atoms with Crippen molar-refractivity contribution in [3.63, 3.8) is 0 Å². The number of hydrogen-bond acceptors (Lipinski definition) is 4. The minimum atomic E-state index is 0.00764. The second-order valence-electron chi connectivity index (χ2n) is 5.24. The van der Waals surface area contributed by atoms with Gasteiger partial charge in [-0.1, -0.05) is 6.07 Å². The molecule has 3 rings (SSSR count). The molecule has 0 radical (unpaired) electrons. The molecule has 2 aliphatic rings. The molecular formula is C14H19N3O2. The van der Waals surface area contributed by atoms with Crippen LogP contribution in [0.15, 0.2) is 18.2 Å². The van der Waals surface area contributed by atoms with Gasteiger partial charge in [-0.2, -0.15) is 0 Å². The zero-order valence-corrected chi connectivity index (χ0v) is 11.1. The molecule has 2 aliphatic heterocycles. The lowest BCUT2D eigenvalue weighted by molar-refractivity contribution is 0.0741. The quantitative estimate of drug-likeness (QED) is 0.865. The van der Waals surface area contributed by atoms with Gasteiger partial charge in [0, 0.05) is 31.2 Å². The number of nitrogens with zero attached hydrogens (tertiary/aromatic N) is 2. The van der Waals surface area contributed by atoms with Crippen LogP contribution >= 0.6 is 0 Å². The first kappa shape index (κ1) is 12.4. The van der Waals surface area contributed by atoms with Gasteiger partial charge in [0.15, 0.2) is 0 Å².